The third-order valence-electron chi connectivity index (χ3n) is 18.5. The van der Waals surface area contributed by atoms with E-state index >= 15 is 0 Å². The molecule has 11 saturated heterocycles. The van der Waals surface area contributed by atoms with E-state index in [1.54, 1.807) is 6.08 Å². The molecule has 0 radical (unpaired) electrons. The van der Waals surface area contributed by atoms with E-state index in [2.05, 4.69) is 41.2 Å². The van der Waals surface area contributed by atoms with Crippen LogP contribution in [-0.4, -0.2) is 161 Å². The molecule has 15 heteroatoms. The van der Waals surface area contributed by atoms with E-state index < -0.39 is 40.2 Å². The highest BCUT2D eigenvalue weighted by molar-refractivity contribution is 5.84. The molecule has 0 aromatic heterocycles. The Morgan fingerprint density at radius 3 is 2.18 bits per heavy atom. The lowest BCUT2D eigenvalue weighted by molar-refractivity contribution is -0.360. The van der Waals surface area contributed by atoms with Crippen molar-refractivity contribution < 1.29 is 71.5 Å². The third kappa shape index (κ3) is 7.24. The van der Waals surface area contributed by atoms with Crippen LogP contribution in [0.25, 0.3) is 0 Å². The summed E-state index contributed by atoms with van der Waals surface area (Å²) in [5.41, 5.74) is -2.03. The predicted octanol–water partition coefficient (Wildman–Crippen LogP) is 4.68. The molecule has 15 nitrogen and oxygen atoms in total. The van der Waals surface area contributed by atoms with Crippen molar-refractivity contribution in [3.63, 3.8) is 0 Å². The largest absolute Gasteiger partial charge is 0.456 e. The number of aliphatic hydroxyl groups is 1. The van der Waals surface area contributed by atoms with Crippen molar-refractivity contribution in [1.82, 2.24) is 0 Å². The molecule has 0 aromatic rings. The van der Waals surface area contributed by atoms with Crippen molar-refractivity contribution in [3.8, 4) is 0 Å². The number of hydrogen-bond donors (Lipinski definition) is 1. The number of esters is 1. The Bertz CT molecular complexity index is 1980. The summed E-state index contributed by atoms with van der Waals surface area (Å²) in [6, 6.07) is 0. The highest BCUT2D eigenvalue weighted by atomic mass is 16.7. The summed E-state index contributed by atoms with van der Waals surface area (Å²) in [4.78, 5) is 23.6. The van der Waals surface area contributed by atoms with E-state index in [4.69, 9.17) is 56.8 Å². The first-order valence-corrected chi connectivity index (χ1v) is 24.9. The Balaban J connectivity index is 0.741. The van der Waals surface area contributed by atoms with E-state index in [0.29, 0.717) is 63.4 Å². The minimum atomic E-state index is -0.923. The van der Waals surface area contributed by atoms with Crippen molar-refractivity contribution in [3.05, 3.63) is 23.8 Å². The number of aldehydes is 1. The fourth-order valence-electron chi connectivity index (χ4n) is 14.7. The van der Waals surface area contributed by atoms with E-state index in [9.17, 15) is 14.7 Å². The molecule has 0 saturated carbocycles. The van der Waals surface area contributed by atoms with Crippen LogP contribution >= 0.6 is 0 Å². The molecule has 12 heterocycles. The quantitative estimate of drug-likeness (QED) is 0.179. The monoisotopic (exact) mass is 910 g/mol. The molecular weight excluding hydrogens is 841 g/mol. The summed E-state index contributed by atoms with van der Waals surface area (Å²) in [7, 11) is 0. The molecular formula is C50H70O15. The van der Waals surface area contributed by atoms with Crippen molar-refractivity contribution >= 4 is 12.3 Å². The van der Waals surface area contributed by atoms with Crippen LogP contribution in [0.3, 0.4) is 0 Å². The molecule has 360 valence electrons. The number of carbonyl (C=O) groups excluding carboxylic acids is 2. The SMILES string of the molecule is C=C(C=O)C[C@@H]1C[C@H](O)[C@]2(C)OC3CC4OC5C[C@]6(C)O[C@]7(C)CCC8OC9C[C@]%10(C)OC%11C(C)=CC(=O)OC%11CC%10OC9C[C@@H](C)C8OC7CC6O[C@@]5(C)CC5OC5C4OC3CC2O1. The van der Waals surface area contributed by atoms with Gasteiger partial charge in [0.05, 0.1) is 114 Å². The second-order valence-corrected chi connectivity index (χ2v) is 23.4. The Morgan fingerprint density at radius 2 is 1.37 bits per heavy atom. The van der Waals surface area contributed by atoms with Gasteiger partial charge in [-0.2, -0.15) is 0 Å². The highest BCUT2D eigenvalue weighted by Gasteiger charge is 2.68. The van der Waals surface area contributed by atoms with Crippen LogP contribution in [0.1, 0.15) is 126 Å². The van der Waals surface area contributed by atoms with Crippen LogP contribution in [0.5, 0.6) is 0 Å². The molecule has 0 aliphatic carbocycles. The van der Waals surface area contributed by atoms with Gasteiger partial charge in [0.2, 0.25) is 0 Å². The fourth-order valence-corrected chi connectivity index (χ4v) is 14.7. The number of rotatable bonds is 3. The number of fused-ring (bicyclic) bond motifs is 12. The molecule has 12 aliphatic rings. The first-order chi connectivity index (χ1) is 30.8. The third-order valence-corrected chi connectivity index (χ3v) is 18.5. The van der Waals surface area contributed by atoms with Crippen molar-refractivity contribution in [1.29, 1.82) is 0 Å². The lowest BCUT2D eigenvalue weighted by atomic mass is 9.72. The van der Waals surface area contributed by atoms with Crippen LogP contribution in [0, 0.1) is 5.92 Å². The molecule has 17 unspecified atom stereocenters. The van der Waals surface area contributed by atoms with Crippen molar-refractivity contribution in [2.24, 2.45) is 5.92 Å². The zero-order chi connectivity index (χ0) is 45.2. The molecule has 0 bridgehead atoms. The zero-order valence-corrected chi connectivity index (χ0v) is 39.1. The average Bonchev–Trinajstić information content (AvgIpc) is 4.02. The van der Waals surface area contributed by atoms with E-state index in [0.717, 1.165) is 31.1 Å². The van der Waals surface area contributed by atoms with E-state index in [1.807, 2.05) is 13.8 Å². The molecule has 25 atom stereocenters. The van der Waals surface area contributed by atoms with Gasteiger partial charge < -0.3 is 61.9 Å². The molecule has 11 fully saturated rings. The van der Waals surface area contributed by atoms with Gasteiger partial charge in [-0.15, -0.1) is 0 Å². The van der Waals surface area contributed by atoms with Crippen LogP contribution < -0.4 is 0 Å². The maximum absolute atomic E-state index is 12.3. The molecule has 12 aliphatic heterocycles. The molecule has 0 amide bonds. The van der Waals surface area contributed by atoms with Gasteiger partial charge in [-0.3, -0.25) is 4.79 Å². The lowest BCUT2D eigenvalue weighted by Crippen LogP contribution is -2.71. The zero-order valence-electron chi connectivity index (χ0n) is 39.1. The Morgan fingerprint density at radius 1 is 0.662 bits per heavy atom. The van der Waals surface area contributed by atoms with Crippen LogP contribution in [0.4, 0.5) is 0 Å². The molecule has 0 spiro atoms. The second kappa shape index (κ2) is 15.3. The number of ether oxygens (including phenoxy) is 12. The van der Waals surface area contributed by atoms with Gasteiger partial charge in [-0.25, -0.2) is 4.79 Å². The first-order valence-electron chi connectivity index (χ1n) is 24.9. The smallest absolute Gasteiger partial charge is 0.331 e. The Kier molecular flexibility index (Phi) is 10.5. The van der Waals surface area contributed by atoms with Gasteiger partial charge in [-0.05, 0) is 77.9 Å². The Hall–Kier alpha value is -1.86. The highest BCUT2D eigenvalue weighted by Crippen LogP contribution is 2.57. The number of aliphatic hydroxyl groups excluding tert-OH is 1. The van der Waals surface area contributed by atoms with Gasteiger partial charge in [-0.1, -0.05) is 13.5 Å². The lowest BCUT2D eigenvalue weighted by Gasteiger charge is -2.61. The van der Waals surface area contributed by atoms with Gasteiger partial charge in [0.1, 0.15) is 36.3 Å². The number of epoxide rings is 1. The molecule has 1 N–H and O–H groups in total. The van der Waals surface area contributed by atoms with Crippen LogP contribution in [0.2, 0.25) is 0 Å². The summed E-state index contributed by atoms with van der Waals surface area (Å²) in [5.74, 6) is -0.153. The van der Waals surface area contributed by atoms with Gasteiger partial charge in [0.15, 0.2) is 0 Å². The summed E-state index contributed by atoms with van der Waals surface area (Å²) in [6.07, 6.45) is 4.90. The van der Waals surface area contributed by atoms with Crippen LogP contribution in [-0.2, 0) is 66.4 Å². The van der Waals surface area contributed by atoms with E-state index in [-0.39, 0.29) is 116 Å². The Labute approximate surface area is 382 Å². The maximum Gasteiger partial charge on any atom is 0.331 e. The number of carbonyl (C=O) groups is 2. The first kappa shape index (κ1) is 44.4. The molecule has 0 aromatic carbocycles. The minimum Gasteiger partial charge on any atom is -0.456 e. The maximum atomic E-state index is 12.3. The van der Waals surface area contributed by atoms with Gasteiger partial charge >= 0.3 is 5.97 Å². The minimum absolute atomic E-state index is 0.0310. The fraction of sp³-hybridized carbons (Fsp3) is 0.880. The van der Waals surface area contributed by atoms with Crippen molar-refractivity contribution in [2.75, 3.05) is 0 Å². The standard InChI is InChI=1S/C50H70O15/c1-23(22-51)11-26-14-35(52)50(8)39(54-26)16-29-30(62-50)15-31-44(59-29)45-34(60-45)20-48(6)40(57-31)21-49(7)38(63-48)18-37-46(4,65-49)10-9-27-42(61-37)24(2)12-28-33(55-27)19-47(5)36(56-28)17-32-43(64-47)25(3)13-41(53)58-32/h13,22,24,26-40,42-45,52H,1,9-12,14-21H2,2-8H3/t24-,26-,27?,28?,29?,30?,31?,32?,33?,34?,35+,36?,37?,38?,39?,40?,42?,43?,44?,45?,46-,47+,48+,49+,50+/m1/s1. The number of hydrogen-bond acceptors (Lipinski definition) is 15. The summed E-state index contributed by atoms with van der Waals surface area (Å²) < 4.78 is 82.4. The summed E-state index contributed by atoms with van der Waals surface area (Å²) in [6.45, 7) is 18.7. The molecule has 65 heavy (non-hydrogen) atoms. The summed E-state index contributed by atoms with van der Waals surface area (Å²) in [5, 5.41) is 11.5. The van der Waals surface area contributed by atoms with E-state index in [1.165, 1.54) is 0 Å². The predicted molar refractivity (Wildman–Crippen MR) is 228 cm³/mol. The topological polar surface area (TPSA) is 168 Å². The summed E-state index contributed by atoms with van der Waals surface area (Å²) >= 11 is 0. The normalized spacial score (nSPS) is 58.8. The molecule has 12 rings (SSSR count). The second-order valence-electron chi connectivity index (χ2n) is 23.4. The van der Waals surface area contributed by atoms with Gasteiger partial charge in [0, 0.05) is 63.9 Å². The average molecular weight is 911 g/mol. The van der Waals surface area contributed by atoms with Gasteiger partial charge in [0.25, 0.3) is 0 Å². The van der Waals surface area contributed by atoms with Crippen molar-refractivity contribution in [2.45, 2.75) is 269 Å². The van der Waals surface area contributed by atoms with Crippen LogP contribution in [0.15, 0.2) is 23.8 Å².